The number of piperidine rings is 1. The Morgan fingerprint density at radius 3 is 2.46 bits per heavy atom. The zero-order valence-corrected chi connectivity index (χ0v) is 14.4. The second kappa shape index (κ2) is 6.11. The molecular weight excluding hydrogens is 333 g/mol. The Morgan fingerprint density at radius 1 is 1.33 bits per heavy atom. The average Bonchev–Trinajstić information content (AvgIpc) is 3.39. The van der Waals surface area contributed by atoms with E-state index in [1.54, 1.807) is 0 Å². The fourth-order valence-corrected chi connectivity index (χ4v) is 5.70. The summed E-state index contributed by atoms with van der Waals surface area (Å²) in [6.07, 6.45) is 3.05. The van der Waals surface area contributed by atoms with Crippen LogP contribution in [0.25, 0.3) is 0 Å². The van der Waals surface area contributed by atoms with Crippen molar-refractivity contribution in [2.45, 2.75) is 60.8 Å². The highest BCUT2D eigenvalue weighted by atomic mass is 32.2. The number of carbonyl (C=O) groups is 1. The molecule has 0 aromatic heterocycles. The van der Waals surface area contributed by atoms with Crippen LogP contribution >= 0.6 is 0 Å². The molecule has 2 aliphatic rings. The SMILES string of the molecule is CCC1CC(C(=O)O)(S(=O)(=O)c2ccc(F)cc2)CCN1C1CC1. The van der Waals surface area contributed by atoms with Gasteiger partial charge in [0.15, 0.2) is 14.6 Å². The summed E-state index contributed by atoms with van der Waals surface area (Å²) in [6, 6.07) is 4.83. The molecule has 132 valence electrons. The van der Waals surface area contributed by atoms with Crippen molar-refractivity contribution in [3.8, 4) is 0 Å². The molecular formula is C17H22FNO4S. The van der Waals surface area contributed by atoms with Crippen LogP contribution < -0.4 is 0 Å². The van der Waals surface area contributed by atoms with Gasteiger partial charge in [0.2, 0.25) is 0 Å². The van der Waals surface area contributed by atoms with Crippen LogP contribution in [-0.4, -0.2) is 47.8 Å². The van der Waals surface area contributed by atoms with Gasteiger partial charge in [0.25, 0.3) is 0 Å². The summed E-state index contributed by atoms with van der Waals surface area (Å²) < 4.78 is 37.5. The minimum absolute atomic E-state index is 0.0578. The van der Waals surface area contributed by atoms with Crippen molar-refractivity contribution >= 4 is 15.8 Å². The molecule has 1 aromatic carbocycles. The van der Waals surface area contributed by atoms with Crippen molar-refractivity contribution in [3.63, 3.8) is 0 Å². The molecule has 0 spiro atoms. The maximum Gasteiger partial charge on any atom is 0.325 e. The number of carboxylic acid groups (broad SMARTS) is 1. The number of hydrogen-bond acceptors (Lipinski definition) is 4. The van der Waals surface area contributed by atoms with Crippen LogP contribution in [-0.2, 0) is 14.6 Å². The summed E-state index contributed by atoms with van der Waals surface area (Å²) >= 11 is 0. The molecule has 2 fully saturated rings. The number of carboxylic acids is 1. The standard InChI is InChI=1S/C17H22FNO4S/c1-2-13-11-17(16(20)21,9-10-19(13)14-5-6-14)24(22,23)15-7-3-12(18)4-8-15/h3-4,7-8,13-14H,2,5-6,9-11H2,1H3,(H,20,21). The molecule has 1 heterocycles. The lowest BCUT2D eigenvalue weighted by atomic mass is 9.88. The van der Waals surface area contributed by atoms with Crippen LogP contribution in [0.1, 0.15) is 39.0 Å². The number of aliphatic carboxylic acids is 1. The number of rotatable bonds is 5. The Hall–Kier alpha value is -1.47. The number of hydrogen-bond donors (Lipinski definition) is 1. The number of halogens is 1. The number of sulfone groups is 1. The lowest BCUT2D eigenvalue weighted by molar-refractivity contribution is -0.142. The van der Waals surface area contributed by atoms with E-state index in [-0.39, 0.29) is 23.8 Å². The van der Waals surface area contributed by atoms with Gasteiger partial charge in [-0.3, -0.25) is 9.69 Å². The van der Waals surface area contributed by atoms with Gasteiger partial charge in [-0.15, -0.1) is 0 Å². The van der Waals surface area contributed by atoms with E-state index < -0.39 is 26.4 Å². The van der Waals surface area contributed by atoms with E-state index in [1.165, 1.54) is 0 Å². The molecule has 0 radical (unpaired) electrons. The molecule has 0 bridgehead atoms. The Balaban J connectivity index is 1.99. The normalized spacial score (nSPS) is 28.7. The van der Waals surface area contributed by atoms with Crippen LogP contribution in [0.3, 0.4) is 0 Å². The monoisotopic (exact) mass is 355 g/mol. The fraction of sp³-hybridized carbons (Fsp3) is 0.588. The van der Waals surface area contributed by atoms with Gasteiger partial charge in [-0.2, -0.15) is 0 Å². The van der Waals surface area contributed by atoms with Crippen LogP contribution in [0, 0.1) is 5.82 Å². The minimum atomic E-state index is -4.10. The van der Waals surface area contributed by atoms with Crippen LogP contribution in [0.5, 0.6) is 0 Å². The Kier molecular flexibility index (Phi) is 4.42. The van der Waals surface area contributed by atoms with Gasteiger partial charge in [-0.25, -0.2) is 12.8 Å². The predicted molar refractivity (Wildman–Crippen MR) is 87.0 cm³/mol. The summed E-state index contributed by atoms with van der Waals surface area (Å²) in [5.74, 6) is -1.85. The molecule has 0 amide bonds. The van der Waals surface area contributed by atoms with Crippen molar-refractivity contribution in [3.05, 3.63) is 30.1 Å². The van der Waals surface area contributed by atoms with Gasteiger partial charge in [-0.1, -0.05) is 6.92 Å². The van der Waals surface area contributed by atoms with E-state index in [4.69, 9.17) is 0 Å². The zero-order chi connectivity index (χ0) is 17.5. The molecule has 24 heavy (non-hydrogen) atoms. The Morgan fingerprint density at radius 2 is 1.96 bits per heavy atom. The minimum Gasteiger partial charge on any atom is -0.480 e. The highest BCUT2D eigenvalue weighted by Gasteiger charge is 2.56. The van der Waals surface area contributed by atoms with Gasteiger partial charge >= 0.3 is 5.97 Å². The van der Waals surface area contributed by atoms with Gasteiger partial charge in [0.05, 0.1) is 4.90 Å². The summed E-state index contributed by atoms with van der Waals surface area (Å²) in [5.41, 5.74) is 0. The van der Waals surface area contributed by atoms with E-state index in [0.29, 0.717) is 19.0 Å². The van der Waals surface area contributed by atoms with E-state index in [9.17, 15) is 22.7 Å². The van der Waals surface area contributed by atoms with E-state index >= 15 is 0 Å². The molecule has 1 aliphatic carbocycles. The second-order valence-electron chi connectivity index (χ2n) is 6.74. The molecule has 2 unspecified atom stereocenters. The third-order valence-electron chi connectivity index (χ3n) is 5.32. The zero-order valence-electron chi connectivity index (χ0n) is 13.6. The molecule has 1 saturated carbocycles. The molecule has 3 rings (SSSR count). The highest BCUT2D eigenvalue weighted by Crippen LogP contribution is 2.42. The van der Waals surface area contributed by atoms with E-state index in [1.807, 2.05) is 6.92 Å². The third kappa shape index (κ3) is 2.73. The van der Waals surface area contributed by atoms with Crippen LogP contribution in [0.15, 0.2) is 29.2 Å². The second-order valence-corrected chi connectivity index (χ2v) is 9.00. The Bertz CT molecular complexity index is 729. The highest BCUT2D eigenvalue weighted by molar-refractivity contribution is 7.93. The first kappa shape index (κ1) is 17.4. The predicted octanol–water partition coefficient (Wildman–Crippen LogP) is 2.46. The molecule has 5 nitrogen and oxygen atoms in total. The third-order valence-corrected chi connectivity index (χ3v) is 7.79. The van der Waals surface area contributed by atoms with Crippen molar-refractivity contribution in [1.29, 1.82) is 0 Å². The summed E-state index contributed by atoms with van der Waals surface area (Å²) in [6.45, 7) is 2.43. The first-order valence-corrected chi connectivity index (χ1v) is 9.79. The van der Waals surface area contributed by atoms with Crippen LogP contribution in [0.4, 0.5) is 4.39 Å². The number of likely N-dealkylation sites (tertiary alicyclic amines) is 1. The average molecular weight is 355 g/mol. The van der Waals surface area contributed by atoms with Crippen molar-refractivity contribution in [1.82, 2.24) is 4.90 Å². The summed E-state index contributed by atoms with van der Waals surface area (Å²) in [4.78, 5) is 14.2. The lowest BCUT2D eigenvalue weighted by Crippen LogP contribution is -2.58. The number of benzene rings is 1. The summed E-state index contributed by atoms with van der Waals surface area (Å²) in [7, 11) is -4.10. The molecule has 1 aliphatic heterocycles. The van der Waals surface area contributed by atoms with Crippen molar-refractivity contribution in [2.75, 3.05) is 6.54 Å². The van der Waals surface area contributed by atoms with Gasteiger partial charge < -0.3 is 5.11 Å². The first-order valence-electron chi connectivity index (χ1n) is 8.31. The molecule has 2 atom stereocenters. The van der Waals surface area contributed by atoms with Crippen molar-refractivity contribution < 1.29 is 22.7 Å². The lowest BCUT2D eigenvalue weighted by Gasteiger charge is -2.44. The van der Waals surface area contributed by atoms with Crippen LogP contribution in [0.2, 0.25) is 0 Å². The maximum atomic E-state index is 13.1. The Labute approximate surface area is 141 Å². The largest absolute Gasteiger partial charge is 0.480 e. The molecule has 7 heteroatoms. The molecule has 1 aromatic rings. The molecule has 1 saturated heterocycles. The van der Waals surface area contributed by atoms with Crippen molar-refractivity contribution in [2.24, 2.45) is 0 Å². The van der Waals surface area contributed by atoms with E-state index in [0.717, 1.165) is 37.1 Å². The van der Waals surface area contributed by atoms with Gasteiger partial charge in [-0.05, 0) is 56.4 Å². The smallest absolute Gasteiger partial charge is 0.325 e. The quantitative estimate of drug-likeness (QED) is 0.821. The number of nitrogens with zero attached hydrogens (tertiary/aromatic N) is 1. The fourth-order valence-electron chi connectivity index (χ4n) is 3.75. The topological polar surface area (TPSA) is 74.7 Å². The first-order chi connectivity index (χ1) is 11.3. The summed E-state index contributed by atoms with van der Waals surface area (Å²) in [5, 5.41) is 9.82. The molecule has 1 N–H and O–H groups in total. The maximum absolute atomic E-state index is 13.1. The van der Waals surface area contributed by atoms with Gasteiger partial charge in [0.1, 0.15) is 5.82 Å². The van der Waals surface area contributed by atoms with Gasteiger partial charge in [0, 0.05) is 18.6 Å². The van der Waals surface area contributed by atoms with E-state index in [2.05, 4.69) is 4.90 Å².